The van der Waals surface area contributed by atoms with Gasteiger partial charge in [-0.25, -0.2) is 0 Å². The van der Waals surface area contributed by atoms with Gasteiger partial charge in [0.25, 0.3) is 0 Å². The molecule has 1 saturated heterocycles. The largest absolute Gasteiger partial charge is 0.396 e. The quantitative estimate of drug-likeness (QED) is 0.383. The molecule has 3 rings (SSSR count). The summed E-state index contributed by atoms with van der Waals surface area (Å²) in [5, 5.41) is 13.0. The summed E-state index contributed by atoms with van der Waals surface area (Å²) >= 11 is 0. The molecule has 0 radical (unpaired) electrons. The average Bonchev–Trinajstić information content (AvgIpc) is 3.19. The van der Waals surface area contributed by atoms with E-state index in [1.54, 1.807) is 0 Å². The number of aliphatic hydroxyl groups excluding tert-OH is 1. The van der Waals surface area contributed by atoms with Gasteiger partial charge in [0.2, 0.25) is 0 Å². The van der Waals surface area contributed by atoms with E-state index in [0.29, 0.717) is 6.61 Å². The van der Waals surface area contributed by atoms with E-state index < -0.39 is 0 Å². The second-order valence-corrected chi connectivity index (χ2v) is 8.06. The highest BCUT2D eigenvalue weighted by atomic mass is 127. The lowest BCUT2D eigenvalue weighted by Gasteiger charge is -2.28. The van der Waals surface area contributed by atoms with Crippen LogP contribution in [-0.2, 0) is 0 Å². The van der Waals surface area contributed by atoms with E-state index in [2.05, 4.69) is 17.1 Å². The summed E-state index contributed by atoms with van der Waals surface area (Å²) in [4.78, 5) is 7.57. The fourth-order valence-corrected chi connectivity index (χ4v) is 5.10. The van der Waals surface area contributed by atoms with Crippen molar-refractivity contribution in [3.8, 4) is 0 Å². The van der Waals surface area contributed by atoms with Crippen molar-refractivity contribution in [2.45, 2.75) is 64.7 Å². The molecule has 0 aromatic rings. The summed E-state index contributed by atoms with van der Waals surface area (Å²) in [5.74, 6) is 2.92. The summed E-state index contributed by atoms with van der Waals surface area (Å²) in [6.07, 6.45) is 11.7. The molecular formula is C19H36IN3O. The Morgan fingerprint density at radius 2 is 1.75 bits per heavy atom. The SMILES string of the molecule is CCNC(=NCC1(CCO)CCCC1)N1CC2CCCCC2C1.I. The molecule has 3 aliphatic rings. The summed E-state index contributed by atoms with van der Waals surface area (Å²) in [5.41, 5.74) is 0.266. The minimum Gasteiger partial charge on any atom is -0.396 e. The Bertz CT molecular complexity index is 395. The van der Waals surface area contributed by atoms with Crippen molar-refractivity contribution in [2.75, 3.05) is 32.8 Å². The summed E-state index contributed by atoms with van der Waals surface area (Å²) in [6.45, 7) is 6.70. The molecule has 2 saturated carbocycles. The molecule has 0 aromatic heterocycles. The normalized spacial score (nSPS) is 29.2. The van der Waals surface area contributed by atoms with E-state index in [4.69, 9.17) is 4.99 Å². The van der Waals surface area contributed by atoms with Crippen LogP contribution in [0.1, 0.15) is 64.7 Å². The van der Waals surface area contributed by atoms with Crippen molar-refractivity contribution in [3.05, 3.63) is 0 Å². The molecule has 1 heterocycles. The lowest BCUT2D eigenvalue weighted by Crippen LogP contribution is -2.41. The van der Waals surface area contributed by atoms with Crippen LogP contribution in [0.15, 0.2) is 4.99 Å². The predicted octanol–water partition coefficient (Wildman–Crippen LogP) is 3.63. The van der Waals surface area contributed by atoms with Crippen LogP contribution in [0.25, 0.3) is 0 Å². The topological polar surface area (TPSA) is 47.9 Å². The maximum Gasteiger partial charge on any atom is 0.193 e. The molecule has 0 amide bonds. The number of guanidine groups is 1. The molecule has 0 spiro atoms. The number of fused-ring (bicyclic) bond motifs is 1. The Hall–Kier alpha value is -0.0400. The number of nitrogens with zero attached hydrogens (tertiary/aromatic N) is 2. The van der Waals surface area contributed by atoms with Crippen molar-refractivity contribution in [3.63, 3.8) is 0 Å². The van der Waals surface area contributed by atoms with Gasteiger partial charge in [-0.15, -0.1) is 24.0 Å². The molecule has 1 aliphatic heterocycles. The number of likely N-dealkylation sites (tertiary alicyclic amines) is 1. The third kappa shape index (κ3) is 4.77. The van der Waals surface area contributed by atoms with Crippen molar-refractivity contribution in [1.29, 1.82) is 0 Å². The number of rotatable bonds is 5. The van der Waals surface area contributed by atoms with E-state index >= 15 is 0 Å². The zero-order valence-electron chi connectivity index (χ0n) is 15.3. The van der Waals surface area contributed by atoms with Gasteiger partial charge in [0.05, 0.1) is 0 Å². The number of aliphatic hydroxyl groups is 1. The average molecular weight is 449 g/mol. The van der Waals surface area contributed by atoms with Gasteiger partial charge in [-0.05, 0) is 56.3 Å². The maximum atomic E-state index is 9.44. The number of hydrogen-bond donors (Lipinski definition) is 2. The Morgan fingerprint density at radius 3 is 2.29 bits per heavy atom. The molecule has 2 unspecified atom stereocenters. The Labute approximate surface area is 164 Å². The number of halogens is 1. The molecule has 2 N–H and O–H groups in total. The van der Waals surface area contributed by atoms with Crippen molar-refractivity contribution in [1.82, 2.24) is 10.2 Å². The molecule has 2 aliphatic carbocycles. The highest BCUT2D eigenvalue weighted by molar-refractivity contribution is 14.0. The van der Waals surface area contributed by atoms with Crippen molar-refractivity contribution in [2.24, 2.45) is 22.2 Å². The van der Waals surface area contributed by atoms with E-state index in [9.17, 15) is 5.11 Å². The van der Waals surface area contributed by atoms with E-state index in [0.717, 1.165) is 37.3 Å². The fraction of sp³-hybridized carbons (Fsp3) is 0.947. The standard InChI is InChI=1S/C19H35N3O.HI/c1-2-20-18(21-15-19(11-12-23)9-5-6-10-19)22-13-16-7-3-4-8-17(16)14-22;/h16-17,23H,2-15H2,1H3,(H,20,21);1H. The van der Waals surface area contributed by atoms with Gasteiger partial charge in [0.1, 0.15) is 0 Å². The van der Waals surface area contributed by atoms with E-state index in [1.165, 1.54) is 64.5 Å². The van der Waals surface area contributed by atoms with Gasteiger partial charge < -0.3 is 15.3 Å². The Kier molecular flexibility index (Phi) is 8.11. The van der Waals surface area contributed by atoms with Crippen LogP contribution in [-0.4, -0.2) is 48.8 Å². The lowest BCUT2D eigenvalue weighted by atomic mass is 9.82. The molecule has 140 valence electrons. The second kappa shape index (κ2) is 9.60. The van der Waals surface area contributed by atoms with Gasteiger partial charge in [0, 0.05) is 32.8 Å². The van der Waals surface area contributed by atoms with Crippen LogP contribution in [0.2, 0.25) is 0 Å². The van der Waals surface area contributed by atoms with Gasteiger partial charge in [-0.3, -0.25) is 4.99 Å². The number of nitrogens with one attached hydrogen (secondary N) is 1. The monoisotopic (exact) mass is 449 g/mol. The van der Waals surface area contributed by atoms with Crippen molar-refractivity contribution < 1.29 is 5.11 Å². The Morgan fingerprint density at radius 1 is 1.12 bits per heavy atom. The molecule has 0 aromatic carbocycles. The molecule has 2 atom stereocenters. The number of aliphatic imine (C=N–C) groups is 1. The third-order valence-electron chi connectivity index (χ3n) is 6.48. The third-order valence-corrected chi connectivity index (χ3v) is 6.48. The Balaban J connectivity index is 0.00000208. The van der Waals surface area contributed by atoms with Crippen LogP contribution < -0.4 is 5.32 Å². The zero-order chi connectivity index (χ0) is 16.1. The lowest BCUT2D eigenvalue weighted by molar-refractivity contribution is 0.190. The molecule has 4 nitrogen and oxygen atoms in total. The summed E-state index contributed by atoms with van der Waals surface area (Å²) < 4.78 is 0. The van der Waals surface area contributed by atoms with E-state index in [1.807, 2.05) is 0 Å². The van der Waals surface area contributed by atoms with Crippen LogP contribution in [0.4, 0.5) is 0 Å². The van der Waals surface area contributed by atoms with Gasteiger partial charge in [0.15, 0.2) is 5.96 Å². The van der Waals surface area contributed by atoms with Gasteiger partial charge in [-0.1, -0.05) is 25.7 Å². The first-order valence-electron chi connectivity index (χ1n) is 9.90. The first kappa shape index (κ1) is 20.3. The van der Waals surface area contributed by atoms with Crippen LogP contribution in [0.5, 0.6) is 0 Å². The fourth-order valence-electron chi connectivity index (χ4n) is 5.10. The zero-order valence-corrected chi connectivity index (χ0v) is 17.6. The molecular weight excluding hydrogens is 413 g/mol. The highest BCUT2D eigenvalue weighted by Crippen LogP contribution is 2.41. The minimum atomic E-state index is 0. The maximum absolute atomic E-state index is 9.44. The van der Waals surface area contributed by atoms with Gasteiger partial charge in [-0.2, -0.15) is 0 Å². The molecule has 0 bridgehead atoms. The molecule has 5 heteroatoms. The minimum absolute atomic E-state index is 0. The van der Waals surface area contributed by atoms with Crippen molar-refractivity contribution >= 4 is 29.9 Å². The number of hydrogen-bond acceptors (Lipinski definition) is 2. The summed E-state index contributed by atoms with van der Waals surface area (Å²) in [6, 6.07) is 0. The van der Waals surface area contributed by atoms with Gasteiger partial charge >= 0.3 is 0 Å². The van der Waals surface area contributed by atoms with Crippen LogP contribution in [0.3, 0.4) is 0 Å². The first-order valence-corrected chi connectivity index (χ1v) is 9.90. The van der Waals surface area contributed by atoms with Crippen LogP contribution in [0, 0.1) is 17.3 Å². The highest BCUT2D eigenvalue weighted by Gasteiger charge is 2.37. The molecule has 24 heavy (non-hydrogen) atoms. The van der Waals surface area contributed by atoms with E-state index in [-0.39, 0.29) is 29.4 Å². The second-order valence-electron chi connectivity index (χ2n) is 8.06. The summed E-state index contributed by atoms with van der Waals surface area (Å²) in [7, 11) is 0. The predicted molar refractivity (Wildman–Crippen MR) is 111 cm³/mol. The van der Waals surface area contributed by atoms with Crippen LogP contribution >= 0.6 is 24.0 Å². The smallest absolute Gasteiger partial charge is 0.193 e. The first-order chi connectivity index (χ1) is 11.3. The molecule has 3 fully saturated rings.